The minimum absolute atomic E-state index is 0.587. The van der Waals surface area contributed by atoms with Crippen LogP contribution in [0.3, 0.4) is 0 Å². The minimum Gasteiger partial charge on any atom is -0.363 e. The number of rotatable bonds is 4. The average Bonchev–Trinajstić information content (AvgIpc) is 2.45. The SMILES string of the molecule is CCCCNC(=S)NC1CCCCCC1C. The molecule has 2 N–H and O–H groups in total. The van der Waals surface area contributed by atoms with E-state index in [2.05, 4.69) is 24.5 Å². The summed E-state index contributed by atoms with van der Waals surface area (Å²) in [6, 6.07) is 0.587. The molecule has 0 saturated heterocycles. The summed E-state index contributed by atoms with van der Waals surface area (Å²) >= 11 is 5.32. The normalized spacial score (nSPS) is 25.9. The maximum atomic E-state index is 5.32. The largest absolute Gasteiger partial charge is 0.363 e. The van der Waals surface area contributed by atoms with Gasteiger partial charge in [0.2, 0.25) is 0 Å². The van der Waals surface area contributed by atoms with Crippen LogP contribution in [0.1, 0.15) is 58.8 Å². The molecule has 1 fully saturated rings. The average molecular weight is 242 g/mol. The molecule has 0 aromatic carbocycles. The van der Waals surface area contributed by atoms with Gasteiger partial charge in [-0.3, -0.25) is 0 Å². The van der Waals surface area contributed by atoms with Crippen LogP contribution in [0.4, 0.5) is 0 Å². The number of hydrogen-bond acceptors (Lipinski definition) is 1. The topological polar surface area (TPSA) is 24.1 Å². The molecule has 0 spiro atoms. The highest BCUT2D eigenvalue weighted by atomic mass is 32.1. The van der Waals surface area contributed by atoms with Gasteiger partial charge in [0.1, 0.15) is 0 Å². The van der Waals surface area contributed by atoms with E-state index in [1.807, 2.05) is 0 Å². The summed E-state index contributed by atoms with van der Waals surface area (Å²) in [7, 11) is 0. The van der Waals surface area contributed by atoms with Crippen molar-refractivity contribution in [3.05, 3.63) is 0 Å². The van der Waals surface area contributed by atoms with E-state index in [1.54, 1.807) is 0 Å². The van der Waals surface area contributed by atoms with Crippen LogP contribution in [-0.4, -0.2) is 17.7 Å². The van der Waals surface area contributed by atoms with Crippen molar-refractivity contribution in [3.63, 3.8) is 0 Å². The Balaban J connectivity index is 2.25. The van der Waals surface area contributed by atoms with Crippen molar-refractivity contribution in [2.24, 2.45) is 5.92 Å². The van der Waals surface area contributed by atoms with E-state index in [0.29, 0.717) is 6.04 Å². The summed E-state index contributed by atoms with van der Waals surface area (Å²) < 4.78 is 0. The van der Waals surface area contributed by atoms with Crippen molar-refractivity contribution >= 4 is 17.3 Å². The third-order valence-electron chi connectivity index (χ3n) is 3.49. The van der Waals surface area contributed by atoms with Gasteiger partial charge in [0.25, 0.3) is 0 Å². The maximum absolute atomic E-state index is 5.32. The second-order valence-electron chi connectivity index (χ2n) is 4.98. The zero-order valence-corrected chi connectivity index (χ0v) is 11.5. The maximum Gasteiger partial charge on any atom is 0.166 e. The molecule has 0 aliphatic heterocycles. The molecule has 2 unspecified atom stereocenters. The van der Waals surface area contributed by atoms with E-state index >= 15 is 0 Å². The highest BCUT2D eigenvalue weighted by Crippen LogP contribution is 2.22. The third kappa shape index (κ3) is 5.15. The van der Waals surface area contributed by atoms with E-state index in [1.165, 1.54) is 44.9 Å². The van der Waals surface area contributed by atoms with E-state index in [0.717, 1.165) is 17.6 Å². The molecule has 2 atom stereocenters. The minimum atomic E-state index is 0.587. The van der Waals surface area contributed by atoms with Crippen LogP contribution in [0.5, 0.6) is 0 Å². The molecule has 0 aromatic rings. The van der Waals surface area contributed by atoms with Crippen molar-refractivity contribution in [1.82, 2.24) is 10.6 Å². The molecule has 1 saturated carbocycles. The second-order valence-corrected chi connectivity index (χ2v) is 5.38. The first kappa shape index (κ1) is 13.8. The molecular formula is C13H26N2S. The summed E-state index contributed by atoms with van der Waals surface area (Å²) in [6.07, 6.45) is 9.15. The molecule has 1 aliphatic rings. The monoisotopic (exact) mass is 242 g/mol. The van der Waals surface area contributed by atoms with Gasteiger partial charge in [0, 0.05) is 12.6 Å². The van der Waals surface area contributed by atoms with Crippen molar-refractivity contribution in [2.75, 3.05) is 6.54 Å². The second kappa shape index (κ2) is 7.88. The van der Waals surface area contributed by atoms with Crippen molar-refractivity contribution in [2.45, 2.75) is 64.8 Å². The number of hydrogen-bond donors (Lipinski definition) is 2. The Labute approximate surface area is 106 Å². The first-order chi connectivity index (χ1) is 7.74. The summed E-state index contributed by atoms with van der Waals surface area (Å²) in [5.74, 6) is 0.758. The van der Waals surface area contributed by atoms with Crippen LogP contribution < -0.4 is 10.6 Å². The first-order valence-electron chi connectivity index (χ1n) is 6.78. The van der Waals surface area contributed by atoms with Gasteiger partial charge in [-0.2, -0.15) is 0 Å². The molecule has 16 heavy (non-hydrogen) atoms. The fourth-order valence-electron chi connectivity index (χ4n) is 2.31. The van der Waals surface area contributed by atoms with Gasteiger partial charge in [-0.05, 0) is 37.4 Å². The Bertz CT molecular complexity index is 206. The zero-order valence-electron chi connectivity index (χ0n) is 10.7. The summed E-state index contributed by atoms with van der Waals surface area (Å²) in [5, 5.41) is 7.63. The van der Waals surface area contributed by atoms with Crippen molar-refractivity contribution in [1.29, 1.82) is 0 Å². The van der Waals surface area contributed by atoms with Gasteiger partial charge in [-0.25, -0.2) is 0 Å². The predicted octanol–water partition coefficient (Wildman–Crippen LogP) is 3.22. The third-order valence-corrected chi connectivity index (χ3v) is 3.76. The van der Waals surface area contributed by atoms with Crippen LogP contribution in [0.2, 0.25) is 0 Å². The van der Waals surface area contributed by atoms with Crippen molar-refractivity contribution in [3.8, 4) is 0 Å². The van der Waals surface area contributed by atoms with Crippen LogP contribution in [0, 0.1) is 5.92 Å². The highest BCUT2D eigenvalue weighted by molar-refractivity contribution is 7.80. The lowest BCUT2D eigenvalue weighted by molar-refractivity contribution is 0.399. The molecule has 0 radical (unpaired) electrons. The molecule has 3 heteroatoms. The standard InChI is InChI=1S/C13H26N2S/c1-3-4-10-14-13(16)15-12-9-7-5-6-8-11(12)2/h11-12H,3-10H2,1-2H3,(H2,14,15,16). The molecule has 1 rings (SSSR count). The molecule has 0 aromatic heterocycles. The lowest BCUT2D eigenvalue weighted by atomic mass is 9.97. The van der Waals surface area contributed by atoms with Crippen LogP contribution in [0.15, 0.2) is 0 Å². The molecule has 1 aliphatic carbocycles. The van der Waals surface area contributed by atoms with Gasteiger partial charge in [0.05, 0.1) is 0 Å². The smallest absolute Gasteiger partial charge is 0.166 e. The summed E-state index contributed by atoms with van der Waals surface area (Å²) in [4.78, 5) is 0. The van der Waals surface area contributed by atoms with Gasteiger partial charge in [0.15, 0.2) is 5.11 Å². The molecular weight excluding hydrogens is 216 g/mol. The van der Waals surface area contributed by atoms with Crippen molar-refractivity contribution < 1.29 is 0 Å². The van der Waals surface area contributed by atoms with Crippen LogP contribution in [-0.2, 0) is 0 Å². The van der Waals surface area contributed by atoms with E-state index in [9.17, 15) is 0 Å². The van der Waals surface area contributed by atoms with Gasteiger partial charge >= 0.3 is 0 Å². The molecule has 0 amide bonds. The molecule has 94 valence electrons. The van der Waals surface area contributed by atoms with E-state index in [-0.39, 0.29) is 0 Å². The van der Waals surface area contributed by atoms with Gasteiger partial charge < -0.3 is 10.6 Å². The Kier molecular flexibility index (Phi) is 6.78. The zero-order chi connectivity index (χ0) is 11.8. The summed E-state index contributed by atoms with van der Waals surface area (Å²) in [5.41, 5.74) is 0. The Morgan fingerprint density at radius 1 is 1.25 bits per heavy atom. The fraction of sp³-hybridized carbons (Fsp3) is 0.923. The lowest BCUT2D eigenvalue weighted by Gasteiger charge is -2.24. The number of unbranched alkanes of at least 4 members (excludes halogenated alkanes) is 1. The Morgan fingerprint density at radius 2 is 2.00 bits per heavy atom. The lowest BCUT2D eigenvalue weighted by Crippen LogP contribution is -2.44. The molecule has 2 nitrogen and oxygen atoms in total. The fourth-order valence-corrected chi connectivity index (χ4v) is 2.56. The quantitative estimate of drug-likeness (QED) is 0.450. The molecule has 0 bridgehead atoms. The predicted molar refractivity (Wildman–Crippen MR) is 74.7 cm³/mol. The molecule has 0 heterocycles. The van der Waals surface area contributed by atoms with E-state index < -0.39 is 0 Å². The highest BCUT2D eigenvalue weighted by Gasteiger charge is 2.19. The first-order valence-corrected chi connectivity index (χ1v) is 7.19. The van der Waals surface area contributed by atoms with Crippen LogP contribution in [0.25, 0.3) is 0 Å². The summed E-state index contributed by atoms with van der Waals surface area (Å²) in [6.45, 7) is 5.55. The van der Waals surface area contributed by atoms with Gasteiger partial charge in [-0.1, -0.05) is 39.5 Å². The number of thiocarbonyl (C=S) groups is 1. The van der Waals surface area contributed by atoms with Crippen LogP contribution >= 0.6 is 12.2 Å². The Hall–Kier alpha value is -0.310. The number of nitrogens with one attached hydrogen (secondary N) is 2. The van der Waals surface area contributed by atoms with Gasteiger partial charge in [-0.15, -0.1) is 0 Å². The van der Waals surface area contributed by atoms with E-state index in [4.69, 9.17) is 12.2 Å². The Morgan fingerprint density at radius 3 is 2.75 bits per heavy atom.